The number of rotatable bonds is 2. The summed E-state index contributed by atoms with van der Waals surface area (Å²) in [6.45, 7) is 7.88. The van der Waals surface area contributed by atoms with Crippen molar-refractivity contribution in [2.75, 3.05) is 6.26 Å². The van der Waals surface area contributed by atoms with Crippen molar-refractivity contribution < 1.29 is 0 Å². The number of hydrogen-bond acceptors (Lipinski definition) is 1. The molecule has 0 nitrogen and oxygen atoms in total. The topological polar surface area (TPSA) is 0 Å². The second-order valence-corrected chi connectivity index (χ2v) is 2.52. The van der Waals surface area contributed by atoms with Crippen LogP contribution in [0.3, 0.4) is 0 Å². The number of hydrogen-bond donors (Lipinski definition) is 0. The van der Waals surface area contributed by atoms with Gasteiger partial charge in [0.25, 0.3) is 0 Å². The van der Waals surface area contributed by atoms with Crippen LogP contribution < -0.4 is 0 Å². The van der Waals surface area contributed by atoms with Gasteiger partial charge in [-0.05, 0) is 31.1 Å². The van der Waals surface area contributed by atoms with Gasteiger partial charge >= 0.3 is 0 Å². The summed E-state index contributed by atoms with van der Waals surface area (Å²) in [6, 6.07) is 0. The van der Waals surface area contributed by atoms with E-state index in [2.05, 4.69) is 18.9 Å². The second kappa shape index (κ2) is 3.79. The first-order valence-electron chi connectivity index (χ1n) is 2.54. The molecule has 0 spiro atoms. The zero-order valence-corrected chi connectivity index (χ0v) is 6.51. The SMILES string of the molecule is C=C(C)/C(C)=C/SC. The van der Waals surface area contributed by atoms with Gasteiger partial charge in [-0.15, -0.1) is 11.8 Å². The van der Waals surface area contributed by atoms with Gasteiger partial charge in [-0.3, -0.25) is 0 Å². The molecule has 0 aromatic carbocycles. The number of thioether (sulfide) groups is 1. The Balaban J connectivity index is 3.80. The monoisotopic (exact) mass is 128 g/mol. The molecule has 0 radical (unpaired) electrons. The van der Waals surface area contributed by atoms with E-state index in [0.29, 0.717) is 0 Å². The lowest BCUT2D eigenvalue weighted by Crippen LogP contribution is -1.71. The fourth-order valence-corrected chi connectivity index (χ4v) is 0.832. The van der Waals surface area contributed by atoms with Crippen molar-refractivity contribution in [3.63, 3.8) is 0 Å². The summed E-state index contributed by atoms with van der Waals surface area (Å²) in [6.07, 6.45) is 2.05. The van der Waals surface area contributed by atoms with Crippen molar-refractivity contribution in [3.8, 4) is 0 Å². The Morgan fingerprint density at radius 1 is 1.50 bits per heavy atom. The van der Waals surface area contributed by atoms with E-state index in [9.17, 15) is 0 Å². The van der Waals surface area contributed by atoms with Crippen LogP contribution in [0.25, 0.3) is 0 Å². The summed E-state index contributed by atoms with van der Waals surface area (Å²) in [5, 5.41) is 2.10. The Labute approximate surface area is 55.7 Å². The van der Waals surface area contributed by atoms with Crippen molar-refractivity contribution in [3.05, 3.63) is 23.1 Å². The molecule has 0 amide bonds. The molecule has 0 saturated heterocycles. The normalized spacial score (nSPS) is 11.6. The Kier molecular flexibility index (Phi) is 3.71. The van der Waals surface area contributed by atoms with E-state index in [4.69, 9.17) is 0 Å². The maximum atomic E-state index is 3.79. The molecule has 0 saturated carbocycles. The van der Waals surface area contributed by atoms with Gasteiger partial charge in [-0.1, -0.05) is 12.2 Å². The lowest BCUT2D eigenvalue weighted by Gasteiger charge is -1.94. The molecule has 0 fully saturated rings. The van der Waals surface area contributed by atoms with Gasteiger partial charge < -0.3 is 0 Å². The maximum Gasteiger partial charge on any atom is -0.0142 e. The molecular formula is C7H12S. The van der Waals surface area contributed by atoms with Gasteiger partial charge in [0.15, 0.2) is 0 Å². The van der Waals surface area contributed by atoms with Gasteiger partial charge in [0.1, 0.15) is 0 Å². The summed E-state index contributed by atoms with van der Waals surface area (Å²) in [5.41, 5.74) is 2.43. The van der Waals surface area contributed by atoms with Crippen molar-refractivity contribution in [1.82, 2.24) is 0 Å². The van der Waals surface area contributed by atoms with Crippen LogP contribution in [0.5, 0.6) is 0 Å². The minimum absolute atomic E-state index is 1.15. The summed E-state index contributed by atoms with van der Waals surface area (Å²) in [5.74, 6) is 0. The molecule has 0 atom stereocenters. The molecule has 0 aromatic rings. The van der Waals surface area contributed by atoms with E-state index in [0.717, 1.165) is 5.57 Å². The Hall–Kier alpha value is -0.170. The van der Waals surface area contributed by atoms with Gasteiger partial charge in [-0.25, -0.2) is 0 Å². The standard InChI is InChI=1S/C7H12S/c1-6(2)7(3)5-8-4/h5H,1H2,2-4H3/b7-5+. The van der Waals surface area contributed by atoms with Crippen LogP contribution in [0.2, 0.25) is 0 Å². The summed E-state index contributed by atoms with van der Waals surface area (Å²) >= 11 is 1.72. The minimum atomic E-state index is 1.15. The molecule has 0 aromatic heterocycles. The largest absolute Gasteiger partial charge is 0.137 e. The van der Waals surface area contributed by atoms with E-state index >= 15 is 0 Å². The molecular weight excluding hydrogens is 116 g/mol. The van der Waals surface area contributed by atoms with Gasteiger partial charge in [0, 0.05) is 0 Å². The quantitative estimate of drug-likeness (QED) is 0.515. The molecule has 0 heterocycles. The molecule has 0 unspecified atom stereocenters. The van der Waals surface area contributed by atoms with E-state index < -0.39 is 0 Å². The van der Waals surface area contributed by atoms with Crippen molar-refractivity contribution in [2.45, 2.75) is 13.8 Å². The molecule has 0 rings (SSSR count). The zero-order chi connectivity index (χ0) is 6.57. The highest BCUT2D eigenvalue weighted by Crippen LogP contribution is 2.09. The van der Waals surface area contributed by atoms with Crippen LogP contribution in [0.4, 0.5) is 0 Å². The summed E-state index contributed by atoms with van der Waals surface area (Å²) in [4.78, 5) is 0. The number of allylic oxidation sites excluding steroid dienone is 2. The predicted octanol–water partition coefficient (Wildman–Crippen LogP) is 2.83. The zero-order valence-electron chi connectivity index (χ0n) is 5.69. The van der Waals surface area contributed by atoms with Crippen LogP contribution >= 0.6 is 11.8 Å². The fourth-order valence-electron chi connectivity index (χ4n) is 0.277. The van der Waals surface area contributed by atoms with E-state index in [1.165, 1.54) is 5.57 Å². The molecule has 0 aliphatic rings. The Bertz CT molecular complexity index is 112. The second-order valence-electron chi connectivity index (χ2n) is 1.82. The lowest BCUT2D eigenvalue weighted by atomic mass is 10.2. The highest BCUT2D eigenvalue weighted by molar-refractivity contribution is 8.01. The predicted molar refractivity (Wildman–Crippen MR) is 42.1 cm³/mol. The van der Waals surface area contributed by atoms with E-state index in [-0.39, 0.29) is 0 Å². The average Bonchev–Trinajstić information content (AvgIpc) is 1.67. The molecule has 0 aliphatic heterocycles. The smallest absolute Gasteiger partial charge is 0.0142 e. The van der Waals surface area contributed by atoms with E-state index in [1.807, 2.05) is 13.2 Å². The summed E-state index contributed by atoms with van der Waals surface area (Å²) in [7, 11) is 0. The van der Waals surface area contributed by atoms with Crippen LogP contribution in [-0.2, 0) is 0 Å². The van der Waals surface area contributed by atoms with Crippen molar-refractivity contribution >= 4 is 11.8 Å². The van der Waals surface area contributed by atoms with Gasteiger partial charge in [0.2, 0.25) is 0 Å². The molecule has 1 heteroatoms. The van der Waals surface area contributed by atoms with Gasteiger partial charge in [0.05, 0.1) is 0 Å². The molecule has 46 valence electrons. The third kappa shape index (κ3) is 2.92. The minimum Gasteiger partial charge on any atom is -0.137 e. The average molecular weight is 128 g/mol. The first-order valence-corrected chi connectivity index (χ1v) is 3.82. The highest BCUT2D eigenvalue weighted by Gasteiger charge is 1.84. The molecule has 0 N–H and O–H groups in total. The van der Waals surface area contributed by atoms with Crippen LogP contribution in [0.1, 0.15) is 13.8 Å². The first-order chi connectivity index (χ1) is 3.68. The van der Waals surface area contributed by atoms with Crippen molar-refractivity contribution in [2.24, 2.45) is 0 Å². The molecule has 0 aliphatic carbocycles. The Morgan fingerprint density at radius 3 is 2.12 bits per heavy atom. The van der Waals surface area contributed by atoms with Crippen LogP contribution in [-0.4, -0.2) is 6.26 Å². The Morgan fingerprint density at radius 2 is 2.00 bits per heavy atom. The van der Waals surface area contributed by atoms with Crippen LogP contribution in [0.15, 0.2) is 23.1 Å². The van der Waals surface area contributed by atoms with Crippen LogP contribution in [0, 0.1) is 0 Å². The fraction of sp³-hybridized carbons (Fsp3) is 0.429. The first kappa shape index (κ1) is 7.83. The van der Waals surface area contributed by atoms with Crippen molar-refractivity contribution in [1.29, 1.82) is 0 Å². The van der Waals surface area contributed by atoms with Gasteiger partial charge in [-0.2, -0.15) is 0 Å². The summed E-state index contributed by atoms with van der Waals surface area (Å²) < 4.78 is 0. The van der Waals surface area contributed by atoms with E-state index in [1.54, 1.807) is 11.8 Å². The molecule has 8 heavy (non-hydrogen) atoms. The highest BCUT2D eigenvalue weighted by atomic mass is 32.2. The lowest BCUT2D eigenvalue weighted by molar-refractivity contribution is 1.38. The third-order valence-electron chi connectivity index (χ3n) is 0.968. The molecule has 0 bridgehead atoms. The third-order valence-corrected chi connectivity index (χ3v) is 1.56. The maximum absolute atomic E-state index is 3.79.